The highest BCUT2D eigenvalue weighted by Gasteiger charge is 2.36. The molecule has 2 atom stereocenters. The van der Waals surface area contributed by atoms with Crippen molar-refractivity contribution in [1.82, 2.24) is 20.4 Å². The third kappa shape index (κ3) is 2.06. The van der Waals surface area contributed by atoms with Gasteiger partial charge in [0.15, 0.2) is 11.6 Å². The Morgan fingerprint density at radius 2 is 2.16 bits per heavy atom. The molecule has 0 aliphatic carbocycles. The summed E-state index contributed by atoms with van der Waals surface area (Å²) in [6, 6.07) is 3.64. The number of likely N-dealkylation sites (tertiary alicyclic amines) is 1. The van der Waals surface area contributed by atoms with Crippen LogP contribution in [0, 0.1) is 11.8 Å². The summed E-state index contributed by atoms with van der Waals surface area (Å²) in [5.74, 6) is 3.40. The van der Waals surface area contributed by atoms with Gasteiger partial charge in [-0.25, -0.2) is 0 Å². The van der Waals surface area contributed by atoms with Crippen LogP contribution in [0.1, 0.15) is 5.82 Å². The molecule has 2 aromatic heterocycles. The number of nitrogens with one attached hydrogen (secondary N) is 1. The molecule has 2 aliphatic heterocycles. The van der Waals surface area contributed by atoms with Gasteiger partial charge in [0.05, 0.1) is 12.8 Å². The Labute approximate surface area is 110 Å². The summed E-state index contributed by atoms with van der Waals surface area (Å²) < 4.78 is 10.5. The average Bonchev–Trinajstić information content (AvgIpc) is 3.12. The van der Waals surface area contributed by atoms with E-state index in [0.717, 1.165) is 50.4 Å². The van der Waals surface area contributed by atoms with E-state index in [4.69, 9.17) is 8.94 Å². The van der Waals surface area contributed by atoms with Crippen molar-refractivity contribution in [3.63, 3.8) is 0 Å². The lowest BCUT2D eigenvalue weighted by molar-refractivity contribution is 0.290. The van der Waals surface area contributed by atoms with Crippen molar-refractivity contribution in [1.29, 1.82) is 0 Å². The molecule has 0 amide bonds. The van der Waals surface area contributed by atoms with Crippen molar-refractivity contribution < 1.29 is 8.94 Å². The molecule has 6 nitrogen and oxygen atoms in total. The Bertz CT molecular complexity index is 539. The van der Waals surface area contributed by atoms with Crippen molar-refractivity contribution in [2.24, 2.45) is 11.8 Å². The fourth-order valence-corrected chi connectivity index (χ4v) is 3.10. The van der Waals surface area contributed by atoms with Crippen LogP contribution < -0.4 is 5.32 Å². The quantitative estimate of drug-likeness (QED) is 0.887. The molecule has 0 radical (unpaired) electrons. The topological polar surface area (TPSA) is 67.3 Å². The predicted molar refractivity (Wildman–Crippen MR) is 67.1 cm³/mol. The molecule has 19 heavy (non-hydrogen) atoms. The van der Waals surface area contributed by atoms with Gasteiger partial charge in [-0.1, -0.05) is 5.16 Å². The van der Waals surface area contributed by atoms with Crippen LogP contribution >= 0.6 is 0 Å². The van der Waals surface area contributed by atoms with Gasteiger partial charge in [0.2, 0.25) is 0 Å². The zero-order valence-corrected chi connectivity index (χ0v) is 10.6. The molecule has 2 aromatic rings. The smallest absolute Gasteiger partial charge is 0.293 e. The third-order valence-corrected chi connectivity index (χ3v) is 4.03. The zero-order chi connectivity index (χ0) is 12.7. The lowest BCUT2D eigenvalue weighted by atomic mass is 10.0. The predicted octanol–water partition coefficient (Wildman–Crippen LogP) is 0.981. The van der Waals surface area contributed by atoms with Crippen LogP contribution in [0.25, 0.3) is 11.7 Å². The summed E-state index contributed by atoms with van der Waals surface area (Å²) >= 11 is 0. The minimum atomic E-state index is 0.459. The molecule has 100 valence electrons. The molecule has 4 heterocycles. The maximum absolute atomic E-state index is 5.25. The lowest BCUT2D eigenvalue weighted by Crippen LogP contribution is -2.25. The Kier molecular flexibility index (Phi) is 2.63. The molecule has 0 saturated carbocycles. The maximum atomic E-state index is 5.25. The van der Waals surface area contributed by atoms with E-state index in [1.807, 2.05) is 12.1 Å². The summed E-state index contributed by atoms with van der Waals surface area (Å²) in [7, 11) is 0. The van der Waals surface area contributed by atoms with Gasteiger partial charge < -0.3 is 14.3 Å². The summed E-state index contributed by atoms with van der Waals surface area (Å²) in [5.41, 5.74) is 0. The third-order valence-electron chi connectivity index (χ3n) is 4.03. The first-order chi connectivity index (χ1) is 9.38. The summed E-state index contributed by atoms with van der Waals surface area (Å²) in [4.78, 5) is 6.79. The Hall–Kier alpha value is -1.66. The SMILES string of the molecule is c1coc(-c2nc(CN3CC4CNCC4C3)no2)c1. The van der Waals surface area contributed by atoms with E-state index >= 15 is 0 Å². The van der Waals surface area contributed by atoms with E-state index in [9.17, 15) is 0 Å². The highest BCUT2D eigenvalue weighted by molar-refractivity contribution is 5.42. The molecular formula is C13H16N4O2. The molecule has 2 aliphatic rings. The van der Waals surface area contributed by atoms with Gasteiger partial charge in [-0.3, -0.25) is 4.90 Å². The van der Waals surface area contributed by atoms with Crippen LogP contribution in [-0.4, -0.2) is 41.2 Å². The first-order valence-electron chi connectivity index (χ1n) is 6.68. The van der Waals surface area contributed by atoms with Gasteiger partial charge in [0.25, 0.3) is 5.89 Å². The van der Waals surface area contributed by atoms with E-state index in [1.54, 1.807) is 6.26 Å². The molecule has 1 N–H and O–H groups in total. The highest BCUT2D eigenvalue weighted by Crippen LogP contribution is 2.27. The minimum Gasteiger partial charge on any atom is -0.459 e. The monoisotopic (exact) mass is 260 g/mol. The molecule has 4 rings (SSSR count). The molecular weight excluding hydrogens is 244 g/mol. The zero-order valence-electron chi connectivity index (χ0n) is 10.6. The van der Waals surface area contributed by atoms with E-state index in [2.05, 4.69) is 20.4 Å². The van der Waals surface area contributed by atoms with Crippen LogP contribution in [0.3, 0.4) is 0 Å². The maximum Gasteiger partial charge on any atom is 0.293 e. The first-order valence-corrected chi connectivity index (χ1v) is 6.68. The lowest BCUT2D eigenvalue weighted by Gasteiger charge is -2.13. The second kappa shape index (κ2) is 4.47. The number of nitrogens with zero attached hydrogens (tertiary/aromatic N) is 3. The van der Waals surface area contributed by atoms with Gasteiger partial charge in [0.1, 0.15) is 0 Å². The normalized spacial score (nSPS) is 26.9. The van der Waals surface area contributed by atoms with Crippen molar-refractivity contribution >= 4 is 0 Å². The van der Waals surface area contributed by atoms with Gasteiger partial charge in [-0.05, 0) is 37.1 Å². The van der Waals surface area contributed by atoms with E-state index in [1.165, 1.54) is 0 Å². The van der Waals surface area contributed by atoms with E-state index < -0.39 is 0 Å². The summed E-state index contributed by atoms with van der Waals surface area (Å²) in [6.45, 7) is 5.30. The van der Waals surface area contributed by atoms with E-state index in [0.29, 0.717) is 11.7 Å². The number of aromatic nitrogens is 2. The number of hydrogen-bond acceptors (Lipinski definition) is 6. The average molecular weight is 260 g/mol. The Morgan fingerprint density at radius 1 is 1.32 bits per heavy atom. The van der Waals surface area contributed by atoms with Crippen molar-refractivity contribution in [3.8, 4) is 11.7 Å². The Balaban J connectivity index is 1.44. The summed E-state index contributed by atoms with van der Waals surface area (Å²) in [5, 5.41) is 7.47. The number of rotatable bonds is 3. The second-order valence-electron chi connectivity index (χ2n) is 5.37. The largest absolute Gasteiger partial charge is 0.459 e. The standard InChI is InChI=1S/C13H16N4O2/c1-2-11(18-3-1)13-15-12(16-19-13)8-17-6-9-4-14-5-10(9)7-17/h1-3,9-10,14H,4-8H2. The molecule has 6 heteroatoms. The second-order valence-corrected chi connectivity index (χ2v) is 5.37. The molecule has 0 bridgehead atoms. The summed E-state index contributed by atoms with van der Waals surface area (Å²) in [6.07, 6.45) is 1.61. The van der Waals surface area contributed by atoms with Gasteiger partial charge in [-0.15, -0.1) is 0 Å². The molecule has 2 saturated heterocycles. The van der Waals surface area contributed by atoms with Crippen LogP contribution in [0.4, 0.5) is 0 Å². The minimum absolute atomic E-state index is 0.459. The highest BCUT2D eigenvalue weighted by atomic mass is 16.5. The first kappa shape index (κ1) is 11.2. The van der Waals surface area contributed by atoms with Crippen molar-refractivity contribution in [2.75, 3.05) is 26.2 Å². The van der Waals surface area contributed by atoms with Crippen LogP contribution in [0.2, 0.25) is 0 Å². The number of hydrogen-bond donors (Lipinski definition) is 1. The fraction of sp³-hybridized carbons (Fsp3) is 0.538. The van der Waals surface area contributed by atoms with Crippen molar-refractivity contribution in [2.45, 2.75) is 6.54 Å². The van der Waals surface area contributed by atoms with Crippen LogP contribution in [0.5, 0.6) is 0 Å². The molecule has 2 unspecified atom stereocenters. The molecule has 2 fully saturated rings. The van der Waals surface area contributed by atoms with Crippen LogP contribution in [-0.2, 0) is 6.54 Å². The van der Waals surface area contributed by atoms with Crippen LogP contribution in [0.15, 0.2) is 27.3 Å². The van der Waals surface area contributed by atoms with Crippen molar-refractivity contribution in [3.05, 3.63) is 24.2 Å². The fourth-order valence-electron chi connectivity index (χ4n) is 3.10. The van der Waals surface area contributed by atoms with Gasteiger partial charge in [-0.2, -0.15) is 4.98 Å². The van der Waals surface area contributed by atoms with Gasteiger partial charge >= 0.3 is 0 Å². The Morgan fingerprint density at radius 3 is 2.89 bits per heavy atom. The number of fused-ring (bicyclic) bond motifs is 1. The van der Waals surface area contributed by atoms with Gasteiger partial charge in [0, 0.05) is 13.1 Å². The molecule has 0 spiro atoms. The van der Waals surface area contributed by atoms with E-state index in [-0.39, 0.29) is 0 Å². The molecule has 0 aromatic carbocycles. The number of furan rings is 1.